The minimum absolute atomic E-state index is 0.291. The summed E-state index contributed by atoms with van der Waals surface area (Å²) in [5.41, 5.74) is 2.41. The van der Waals surface area contributed by atoms with Crippen molar-refractivity contribution in [1.29, 1.82) is 0 Å². The maximum absolute atomic E-state index is 10.7. The summed E-state index contributed by atoms with van der Waals surface area (Å²) in [4.78, 5) is 25.4. The second kappa shape index (κ2) is 9.76. The van der Waals surface area contributed by atoms with Crippen LogP contribution in [0.3, 0.4) is 0 Å². The van der Waals surface area contributed by atoms with E-state index in [4.69, 9.17) is 9.84 Å². The van der Waals surface area contributed by atoms with E-state index < -0.39 is 5.97 Å². The number of anilines is 2. The van der Waals surface area contributed by atoms with Crippen molar-refractivity contribution in [2.24, 2.45) is 5.92 Å². The number of aromatic nitrogens is 2. The fourth-order valence-electron chi connectivity index (χ4n) is 4.25. The van der Waals surface area contributed by atoms with Crippen LogP contribution in [0.25, 0.3) is 0 Å². The Bertz CT molecular complexity index is 886. The van der Waals surface area contributed by atoms with Gasteiger partial charge in [-0.3, -0.25) is 14.6 Å². The van der Waals surface area contributed by atoms with Gasteiger partial charge in [0.15, 0.2) is 5.82 Å². The number of carboxylic acids is 1. The zero-order valence-corrected chi connectivity index (χ0v) is 18.1. The Hall–Kier alpha value is -2.16. The second-order valence-corrected chi connectivity index (χ2v) is 8.97. The van der Waals surface area contributed by atoms with E-state index in [0.29, 0.717) is 19.1 Å². The van der Waals surface area contributed by atoms with Crippen LogP contribution in [0.5, 0.6) is 0 Å². The Morgan fingerprint density at radius 1 is 1.27 bits per heavy atom. The Morgan fingerprint density at radius 2 is 2.07 bits per heavy atom. The zero-order valence-electron chi connectivity index (χ0n) is 17.3. The molecule has 4 rings (SSSR count). The molecule has 0 bridgehead atoms. The van der Waals surface area contributed by atoms with E-state index in [0.717, 1.165) is 61.8 Å². The molecule has 2 aromatic rings. The first-order chi connectivity index (χ1) is 14.6. The van der Waals surface area contributed by atoms with Gasteiger partial charge in [0.05, 0.1) is 5.69 Å². The van der Waals surface area contributed by atoms with E-state index in [1.807, 2.05) is 0 Å². The first kappa shape index (κ1) is 21.1. The van der Waals surface area contributed by atoms with E-state index in [9.17, 15) is 4.79 Å². The first-order valence-corrected chi connectivity index (χ1v) is 11.3. The number of aliphatic carboxylic acids is 1. The molecule has 2 aliphatic rings. The van der Waals surface area contributed by atoms with Gasteiger partial charge in [-0.2, -0.15) is 0 Å². The molecule has 8 heteroatoms. The molecule has 1 N–H and O–H groups in total. The van der Waals surface area contributed by atoms with Crippen LogP contribution in [0.15, 0.2) is 40.5 Å². The highest BCUT2D eigenvalue weighted by molar-refractivity contribution is 7.99. The fourth-order valence-corrected chi connectivity index (χ4v) is 5.23. The molecule has 0 radical (unpaired) electrons. The summed E-state index contributed by atoms with van der Waals surface area (Å²) in [6.45, 7) is 3.50. The summed E-state index contributed by atoms with van der Waals surface area (Å²) < 4.78 is 5.45. The number of ether oxygens (including phenoxy) is 1. The predicted molar refractivity (Wildman–Crippen MR) is 116 cm³/mol. The lowest BCUT2D eigenvalue weighted by Gasteiger charge is -2.33. The molecule has 1 saturated heterocycles. The molecule has 0 atom stereocenters. The largest absolute Gasteiger partial charge is 0.481 e. The lowest BCUT2D eigenvalue weighted by molar-refractivity contribution is -0.137. The Kier molecular flexibility index (Phi) is 6.86. The van der Waals surface area contributed by atoms with Crippen LogP contribution >= 0.6 is 11.8 Å². The van der Waals surface area contributed by atoms with E-state index in [-0.39, 0.29) is 0 Å². The maximum Gasteiger partial charge on any atom is 0.303 e. The number of methoxy groups -OCH3 is 1. The number of fused-ring (bicyclic) bond motifs is 2. The smallest absolute Gasteiger partial charge is 0.303 e. The van der Waals surface area contributed by atoms with E-state index >= 15 is 0 Å². The van der Waals surface area contributed by atoms with Crippen LogP contribution in [0, 0.1) is 5.92 Å². The van der Waals surface area contributed by atoms with Gasteiger partial charge in [0, 0.05) is 37.4 Å². The molecule has 1 fully saturated rings. The SMILES string of the molecule is COCN1c2cc(CN3CCC(CCCC(=O)O)CC3)ccc2Sc2nccnc21. The van der Waals surface area contributed by atoms with Gasteiger partial charge >= 0.3 is 5.97 Å². The first-order valence-electron chi connectivity index (χ1n) is 10.5. The lowest BCUT2D eigenvalue weighted by Crippen LogP contribution is -2.33. The summed E-state index contributed by atoms with van der Waals surface area (Å²) >= 11 is 1.65. The third-order valence-electron chi connectivity index (χ3n) is 5.80. The van der Waals surface area contributed by atoms with Crippen molar-refractivity contribution in [3.05, 3.63) is 36.2 Å². The van der Waals surface area contributed by atoms with Crippen LogP contribution in [-0.4, -0.2) is 52.9 Å². The number of hydrogen-bond acceptors (Lipinski definition) is 7. The summed E-state index contributed by atoms with van der Waals surface area (Å²) in [5.74, 6) is 0.818. The molecule has 30 heavy (non-hydrogen) atoms. The highest BCUT2D eigenvalue weighted by Gasteiger charge is 2.26. The number of piperidine rings is 1. The Labute approximate surface area is 181 Å². The van der Waals surface area contributed by atoms with Gasteiger partial charge in [-0.1, -0.05) is 17.8 Å². The number of likely N-dealkylation sites (tertiary alicyclic amines) is 1. The number of nitrogens with zero attached hydrogens (tertiary/aromatic N) is 4. The van der Waals surface area contributed by atoms with Gasteiger partial charge < -0.3 is 9.84 Å². The van der Waals surface area contributed by atoms with Gasteiger partial charge in [-0.05, 0) is 62.4 Å². The molecule has 0 amide bonds. The molecule has 3 heterocycles. The second-order valence-electron chi connectivity index (χ2n) is 7.94. The summed E-state index contributed by atoms with van der Waals surface area (Å²) in [7, 11) is 1.70. The van der Waals surface area contributed by atoms with Crippen LogP contribution in [-0.2, 0) is 16.1 Å². The summed E-state index contributed by atoms with van der Waals surface area (Å²) in [6.07, 6.45) is 7.86. The zero-order chi connectivity index (χ0) is 20.9. The van der Waals surface area contributed by atoms with Gasteiger partial charge in [0.2, 0.25) is 0 Å². The topological polar surface area (TPSA) is 78.8 Å². The molecular formula is C22H28N4O3S. The van der Waals surface area contributed by atoms with Crippen LogP contribution in [0.2, 0.25) is 0 Å². The van der Waals surface area contributed by atoms with Crippen LogP contribution in [0.1, 0.15) is 37.7 Å². The monoisotopic (exact) mass is 428 g/mol. The number of hydrogen-bond donors (Lipinski definition) is 1. The normalized spacial score (nSPS) is 16.9. The van der Waals surface area contributed by atoms with Crippen molar-refractivity contribution in [2.75, 3.05) is 31.8 Å². The van der Waals surface area contributed by atoms with Gasteiger partial charge in [-0.15, -0.1) is 0 Å². The van der Waals surface area contributed by atoms with E-state index in [2.05, 4.69) is 38.0 Å². The fraction of sp³-hybridized carbons (Fsp3) is 0.500. The van der Waals surface area contributed by atoms with Crippen LogP contribution in [0.4, 0.5) is 11.5 Å². The van der Waals surface area contributed by atoms with Crippen molar-refractivity contribution in [3.8, 4) is 0 Å². The van der Waals surface area contributed by atoms with Crippen molar-refractivity contribution >= 4 is 29.2 Å². The standard InChI is InChI=1S/C22H28N4O3S/c1-29-15-26-18-13-17(5-6-19(18)30-22-21(26)23-9-10-24-22)14-25-11-7-16(8-12-25)3-2-4-20(27)28/h5-6,9-10,13,16H,2-4,7-8,11-12,14-15H2,1H3,(H,27,28). The number of carboxylic acid groups (broad SMARTS) is 1. The summed E-state index contributed by atoms with van der Waals surface area (Å²) in [5, 5.41) is 9.71. The van der Waals surface area contributed by atoms with E-state index in [1.165, 1.54) is 10.5 Å². The highest BCUT2D eigenvalue weighted by Crippen LogP contribution is 2.46. The van der Waals surface area contributed by atoms with Gasteiger partial charge in [0.1, 0.15) is 11.8 Å². The number of rotatable bonds is 8. The maximum atomic E-state index is 10.7. The number of carbonyl (C=O) groups is 1. The molecule has 0 spiro atoms. The molecule has 2 aliphatic heterocycles. The minimum Gasteiger partial charge on any atom is -0.481 e. The van der Waals surface area contributed by atoms with Gasteiger partial charge in [0.25, 0.3) is 0 Å². The molecular weight excluding hydrogens is 400 g/mol. The quantitative estimate of drug-likeness (QED) is 0.672. The molecule has 160 valence electrons. The van der Waals surface area contributed by atoms with Gasteiger partial charge in [-0.25, -0.2) is 9.97 Å². The third-order valence-corrected chi connectivity index (χ3v) is 6.84. The van der Waals surface area contributed by atoms with Crippen molar-refractivity contribution in [1.82, 2.24) is 14.9 Å². The number of benzene rings is 1. The van der Waals surface area contributed by atoms with Crippen LogP contribution < -0.4 is 4.90 Å². The highest BCUT2D eigenvalue weighted by atomic mass is 32.2. The van der Waals surface area contributed by atoms with Crippen molar-refractivity contribution in [3.63, 3.8) is 0 Å². The predicted octanol–water partition coefficient (Wildman–Crippen LogP) is 4.15. The average Bonchev–Trinajstić information content (AvgIpc) is 2.75. The third kappa shape index (κ3) is 4.94. The average molecular weight is 429 g/mol. The Morgan fingerprint density at radius 3 is 2.83 bits per heavy atom. The molecule has 1 aromatic carbocycles. The molecule has 0 saturated carbocycles. The molecule has 0 aliphatic carbocycles. The molecule has 1 aromatic heterocycles. The van der Waals surface area contributed by atoms with E-state index in [1.54, 1.807) is 31.3 Å². The molecule has 7 nitrogen and oxygen atoms in total. The van der Waals surface area contributed by atoms with Crippen molar-refractivity contribution < 1.29 is 14.6 Å². The lowest BCUT2D eigenvalue weighted by atomic mass is 9.91. The molecule has 0 unspecified atom stereocenters. The minimum atomic E-state index is -0.686. The van der Waals surface area contributed by atoms with Crippen molar-refractivity contribution in [2.45, 2.75) is 48.6 Å². The summed E-state index contributed by atoms with van der Waals surface area (Å²) in [6, 6.07) is 6.63. The Balaban J connectivity index is 1.39.